The van der Waals surface area contributed by atoms with Gasteiger partial charge in [-0.05, 0) is 37.6 Å². The maximum atomic E-state index is 12.6. The first-order valence-electron chi connectivity index (χ1n) is 6.56. The van der Waals surface area contributed by atoms with Gasteiger partial charge in [-0.1, -0.05) is 17.7 Å². The van der Waals surface area contributed by atoms with Crippen molar-refractivity contribution >= 4 is 21.5 Å². The Morgan fingerprint density at radius 3 is 2.38 bits per heavy atom. The van der Waals surface area contributed by atoms with E-state index < -0.39 is 10.0 Å². The summed E-state index contributed by atoms with van der Waals surface area (Å²) in [6.45, 7) is 3.88. The molecule has 0 bridgehead atoms. The minimum absolute atomic E-state index is 0.170. The Bertz CT molecular complexity index is 740. The van der Waals surface area contributed by atoms with Crippen LogP contribution in [-0.2, 0) is 10.0 Å². The van der Waals surface area contributed by atoms with Gasteiger partial charge in [-0.3, -0.25) is 4.31 Å². The van der Waals surface area contributed by atoms with Crippen LogP contribution in [0, 0.1) is 13.8 Å². The molecule has 112 valence electrons. The fourth-order valence-electron chi connectivity index (χ4n) is 2.13. The van der Waals surface area contributed by atoms with E-state index in [1.165, 1.54) is 10.5 Å². The van der Waals surface area contributed by atoms with E-state index in [0.717, 1.165) is 11.1 Å². The van der Waals surface area contributed by atoms with Gasteiger partial charge in [0.15, 0.2) is 0 Å². The van der Waals surface area contributed by atoms with Crippen molar-refractivity contribution in [1.29, 1.82) is 0 Å². The van der Waals surface area contributed by atoms with Crippen LogP contribution in [0.1, 0.15) is 11.1 Å². The first kappa shape index (κ1) is 15.3. The number of hydrogen-bond acceptors (Lipinski definition) is 4. The number of anilines is 2. The molecule has 1 aromatic carbocycles. The van der Waals surface area contributed by atoms with Crippen LogP contribution >= 0.6 is 0 Å². The topological polar surface area (TPSA) is 62.3 Å². The van der Waals surface area contributed by atoms with Crippen LogP contribution in [0.2, 0.25) is 0 Å². The molecule has 0 aliphatic rings. The van der Waals surface area contributed by atoms with Crippen molar-refractivity contribution in [3.63, 3.8) is 0 Å². The van der Waals surface area contributed by atoms with Crippen LogP contribution in [0.3, 0.4) is 0 Å². The minimum Gasteiger partial charge on any atom is -0.373 e. The number of rotatable bonds is 4. The van der Waals surface area contributed by atoms with Gasteiger partial charge in [-0.2, -0.15) is 0 Å². The molecule has 0 aliphatic heterocycles. The Hall–Kier alpha value is -2.08. The van der Waals surface area contributed by atoms with E-state index in [-0.39, 0.29) is 4.90 Å². The van der Waals surface area contributed by atoms with Crippen molar-refractivity contribution in [2.75, 3.05) is 23.7 Å². The largest absolute Gasteiger partial charge is 0.373 e. The van der Waals surface area contributed by atoms with Crippen LogP contribution in [-0.4, -0.2) is 27.5 Å². The standard InChI is InChI=1S/C15H19N3O2S/c1-11-5-7-14(12(2)9-11)18(4)21(19,20)13-6-8-15(16-3)17-10-13/h5-10H,1-4H3,(H,16,17). The Labute approximate surface area is 125 Å². The predicted octanol–water partition coefficient (Wildman–Crippen LogP) is 2.57. The zero-order valence-corrected chi connectivity index (χ0v) is 13.4. The van der Waals surface area contributed by atoms with Crippen LogP contribution in [0.25, 0.3) is 0 Å². The highest BCUT2D eigenvalue weighted by molar-refractivity contribution is 7.92. The lowest BCUT2D eigenvalue weighted by Crippen LogP contribution is -2.27. The van der Waals surface area contributed by atoms with Crippen molar-refractivity contribution in [2.24, 2.45) is 0 Å². The van der Waals surface area contributed by atoms with Gasteiger partial charge in [0.25, 0.3) is 10.0 Å². The maximum Gasteiger partial charge on any atom is 0.265 e. The van der Waals surface area contributed by atoms with E-state index in [0.29, 0.717) is 11.5 Å². The van der Waals surface area contributed by atoms with E-state index in [1.807, 2.05) is 32.0 Å². The summed E-state index contributed by atoms with van der Waals surface area (Å²) in [4.78, 5) is 4.23. The van der Waals surface area contributed by atoms with E-state index in [2.05, 4.69) is 10.3 Å². The molecule has 6 heteroatoms. The van der Waals surface area contributed by atoms with Crippen molar-refractivity contribution < 1.29 is 8.42 Å². The summed E-state index contributed by atoms with van der Waals surface area (Å²) in [5.74, 6) is 0.628. The van der Waals surface area contributed by atoms with Gasteiger partial charge >= 0.3 is 0 Å². The van der Waals surface area contributed by atoms with E-state index >= 15 is 0 Å². The fourth-order valence-corrected chi connectivity index (χ4v) is 3.33. The van der Waals surface area contributed by atoms with Gasteiger partial charge in [0.2, 0.25) is 0 Å². The Morgan fingerprint density at radius 2 is 1.86 bits per heavy atom. The molecule has 0 unspecified atom stereocenters. The highest BCUT2D eigenvalue weighted by atomic mass is 32.2. The number of aromatic nitrogens is 1. The molecule has 0 radical (unpaired) electrons. The predicted molar refractivity (Wildman–Crippen MR) is 85.3 cm³/mol. The van der Waals surface area contributed by atoms with Crippen molar-refractivity contribution in [3.8, 4) is 0 Å². The van der Waals surface area contributed by atoms with Crippen LogP contribution in [0.4, 0.5) is 11.5 Å². The Morgan fingerprint density at radius 1 is 1.14 bits per heavy atom. The third-order valence-electron chi connectivity index (χ3n) is 3.34. The number of pyridine rings is 1. The maximum absolute atomic E-state index is 12.6. The average Bonchev–Trinajstić information content (AvgIpc) is 2.46. The molecule has 0 atom stereocenters. The molecule has 0 saturated heterocycles. The molecule has 1 heterocycles. The lowest BCUT2D eigenvalue weighted by Gasteiger charge is -2.21. The first-order valence-corrected chi connectivity index (χ1v) is 8.00. The van der Waals surface area contributed by atoms with Gasteiger partial charge in [-0.25, -0.2) is 13.4 Å². The number of nitrogens with zero attached hydrogens (tertiary/aromatic N) is 2. The second-order valence-electron chi connectivity index (χ2n) is 4.89. The molecule has 21 heavy (non-hydrogen) atoms. The number of benzene rings is 1. The SMILES string of the molecule is CNc1ccc(S(=O)(=O)N(C)c2ccc(C)cc2C)cn1. The number of nitrogens with one attached hydrogen (secondary N) is 1. The second kappa shape index (κ2) is 5.73. The summed E-state index contributed by atoms with van der Waals surface area (Å²) >= 11 is 0. The molecule has 0 spiro atoms. The van der Waals surface area contributed by atoms with Crippen LogP contribution in [0.5, 0.6) is 0 Å². The van der Waals surface area contributed by atoms with Crippen molar-refractivity contribution in [1.82, 2.24) is 4.98 Å². The first-order chi connectivity index (χ1) is 9.86. The molecule has 1 N–H and O–H groups in total. The fraction of sp³-hybridized carbons (Fsp3) is 0.267. The summed E-state index contributed by atoms with van der Waals surface area (Å²) in [7, 11) is -0.320. The third-order valence-corrected chi connectivity index (χ3v) is 5.10. The molecular formula is C15H19N3O2S. The smallest absolute Gasteiger partial charge is 0.265 e. The third kappa shape index (κ3) is 3.00. The van der Waals surface area contributed by atoms with Crippen LogP contribution < -0.4 is 9.62 Å². The molecule has 2 aromatic rings. The molecule has 2 rings (SSSR count). The lowest BCUT2D eigenvalue weighted by molar-refractivity contribution is 0.594. The Kier molecular flexibility index (Phi) is 4.18. The molecule has 0 amide bonds. The zero-order valence-electron chi connectivity index (χ0n) is 12.6. The van der Waals surface area contributed by atoms with E-state index in [1.54, 1.807) is 26.2 Å². The normalized spacial score (nSPS) is 11.2. The summed E-state index contributed by atoms with van der Waals surface area (Å²) in [5, 5.41) is 2.86. The highest BCUT2D eigenvalue weighted by Crippen LogP contribution is 2.26. The molecule has 0 fully saturated rings. The number of sulfonamides is 1. The molecular weight excluding hydrogens is 286 g/mol. The van der Waals surface area contributed by atoms with Crippen molar-refractivity contribution in [2.45, 2.75) is 18.7 Å². The number of aryl methyl sites for hydroxylation is 2. The monoisotopic (exact) mass is 305 g/mol. The summed E-state index contributed by atoms with van der Waals surface area (Å²) in [6, 6.07) is 8.87. The molecule has 0 aliphatic carbocycles. The number of hydrogen-bond donors (Lipinski definition) is 1. The van der Waals surface area contributed by atoms with Gasteiger partial charge in [0.1, 0.15) is 10.7 Å². The van der Waals surface area contributed by atoms with Gasteiger partial charge < -0.3 is 5.32 Å². The molecule has 5 nitrogen and oxygen atoms in total. The minimum atomic E-state index is -3.61. The Balaban J connectivity index is 2.42. The zero-order chi connectivity index (χ0) is 15.6. The van der Waals surface area contributed by atoms with Crippen molar-refractivity contribution in [3.05, 3.63) is 47.7 Å². The molecule has 1 aromatic heterocycles. The van der Waals surface area contributed by atoms with Gasteiger partial charge in [-0.15, -0.1) is 0 Å². The van der Waals surface area contributed by atoms with Gasteiger partial charge in [0.05, 0.1) is 5.69 Å². The lowest BCUT2D eigenvalue weighted by atomic mass is 10.1. The summed E-state index contributed by atoms with van der Waals surface area (Å²) in [5.41, 5.74) is 2.68. The van der Waals surface area contributed by atoms with E-state index in [9.17, 15) is 8.42 Å². The molecule has 0 saturated carbocycles. The van der Waals surface area contributed by atoms with Gasteiger partial charge in [0, 0.05) is 20.3 Å². The summed E-state index contributed by atoms with van der Waals surface area (Å²) < 4.78 is 26.6. The second-order valence-corrected chi connectivity index (χ2v) is 6.86. The highest BCUT2D eigenvalue weighted by Gasteiger charge is 2.22. The summed E-state index contributed by atoms with van der Waals surface area (Å²) in [6.07, 6.45) is 1.36. The van der Waals surface area contributed by atoms with E-state index in [4.69, 9.17) is 0 Å². The average molecular weight is 305 g/mol. The van der Waals surface area contributed by atoms with Crippen LogP contribution in [0.15, 0.2) is 41.4 Å². The quantitative estimate of drug-likeness (QED) is 0.943.